The number of anilines is 1. The van der Waals surface area contributed by atoms with E-state index in [9.17, 15) is 9.59 Å². The lowest BCUT2D eigenvalue weighted by atomic mass is 9.97. The fourth-order valence-electron chi connectivity index (χ4n) is 2.84. The molecule has 0 saturated carbocycles. The summed E-state index contributed by atoms with van der Waals surface area (Å²) in [6.45, 7) is 1.56. The minimum absolute atomic E-state index is 0.348. The molecule has 29 heavy (non-hydrogen) atoms. The van der Waals surface area contributed by atoms with E-state index in [0.717, 1.165) is 22.6 Å². The molecule has 0 radical (unpaired) electrons. The van der Waals surface area contributed by atoms with Crippen molar-refractivity contribution in [1.82, 2.24) is 4.98 Å². The zero-order valence-corrected chi connectivity index (χ0v) is 17.1. The highest BCUT2D eigenvalue weighted by Crippen LogP contribution is 2.26. The van der Waals surface area contributed by atoms with Gasteiger partial charge in [0.25, 0.3) is 5.91 Å². The molecular weight excluding hydrogens is 388 g/mol. The largest absolute Gasteiger partial charge is 0.497 e. The number of thiazole rings is 1. The Morgan fingerprint density at radius 1 is 1.10 bits per heavy atom. The molecule has 1 amide bonds. The summed E-state index contributed by atoms with van der Waals surface area (Å²) in [5, 5.41) is 4.98. The van der Waals surface area contributed by atoms with Gasteiger partial charge in [-0.15, -0.1) is 11.3 Å². The van der Waals surface area contributed by atoms with Gasteiger partial charge in [-0.25, -0.2) is 4.98 Å². The topological polar surface area (TPSA) is 77.5 Å². The van der Waals surface area contributed by atoms with Crippen molar-refractivity contribution in [2.45, 2.75) is 19.3 Å². The van der Waals surface area contributed by atoms with E-state index >= 15 is 0 Å². The zero-order chi connectivity index (χ0) is 20.6. The first kappa shape index (κ1) is 20.5. The van der Waals surface area contributed by atoms with Crippen molar-refractivity contribution in [3.63, 3.8) is 0 Å². The van der Waals surface area contributed by atoms with Crippen LogP contribution in [0.5, 0.6) is 5.75 Å². The molecule has 0 spiro atoms. The second-order valence-corrected chi connectivity index (χ2v) is 7.15. The van der Waals surface area contributed by atoms with Crippen molar-refractivity contribution in [2.75, 3.05) is 19.0 Å². The van der Waals surface area contributed by atoms with E-state index in [1.807, 2.05) is 66.9 Å². The molecule has 1 N–H and O–H groups in total. The Balaban J connectivity index is 1.54. The number of aromatic nitrogens is 1. The summed E-state index contributed by atoms with van der Waals surface area (Å²) in [6, 6.07) is 16.9. The summed E-state index contributed by atoms with van der Waals surface area (Å²) < 4.78 is 10.4. The first-order chi connectivity index (χ1) is 14.1. The van der Waals surface area contributed by atoms with Gasteiger partial charge in [-0.3, -0.25) is 14.9 Å². The number of rotatable bonds is 8. The predicted octanol–water partition coefficient (Wildman–Crippen LogP) is 4.49. The van der Waals surface area contributed by atoms with Gasteiger partial charge in [0.2, 0.25) is 0 Å². The number of carbonyl (C=O) groups is 2. The number of hydrogen-bond donors (Lipinski definition) is 1. The number of hydrogen-bond acceptors (Lipinski definition) is 6. The molecule has 0 bridgehead atoms. The van der Waals surface area contributed by atoms with E-state index in [-0.39, 0.29) is 12.5 Å². The number of carbonyl (C=O) groups excluding carboxylic acids is 2. The molecule has 3 aromatic rings. The molecule has 1 heterocycles. The maximum atomic E-state index is 12.3. The van der Waals surface area contributed by atoms with Crippen LogP contribution in [0.4, 0.5) is 5.13 Å². The summed E-state index contributed by atoms with van der Waals surface area (Å²) in [5.41, 5.74) is 2.55. The van der Waals surface area contributed by atoms with Crippen molar-refractivity contribution in [3.8, 4) is 17.0 Å². The van der Waals surface area contributed by atoms with Crippen LogP contribution in [-0.4, -0.2) is 30.6 Å². The molecule has 6 nitrogen and oxygen atoms in total. The van der Waals surface area contributed by atoms with E-state index in [1.165, 1.54) is 11.3 Å². The van der Waals surface area contributed by atoms with Crippen molar-refractivity contribution < 1.29 is 19.1 Å². The van der Waals surface area contributed by atoms with E-state index in [1.54, 1.807) is 7.11 Å². The Bertz CT molecular complexity index is 954. The maximum absolute atomic E-state index is 12.3. The minimum atomic E-state index is -0.420. The first-order valence-electron chi connectivity index (χ1n) is 9.22. The van der Waals surface area contributed by atoms with Crippen LogP contribution >= 0.6 is 11.3 Å². The molecular formula is C22H22N2O4S. The average molecular weight is 410 g/mol. The summed E-state index contributed by atoms with van der Waals surface area (Å²) >= 11 is 1.31. The number of ether oxygens (including phenoxy) is 2. The number of esters is 1. The number of amides is 1. The van der Waals surface area contributed by atoms with E-state index in [0.29, 0.717) is 11.6 Å². The van der Waals surface area contributed by atoms with E-state index < -0.39 is 11.9 Å². The van der Waals surface area contributed by atoms with Crippen LogP contribution < -0.4 is 10.1 Å². The molecule has 0 saturated heterocycles. The quantitative estimate of drug-likeness (QED) is 0.554. The van der Waals surface area contributed by atoms with Gasteiger partial charge in [-0.1, -0.05) is 37.3 Å². The van der Waals surface area contributed by atoms with Gasteiger partial charge in [-0.2, -0.15) is 0 Å². The number of methoxy groups -OCH3 is 1. The second-order valence-electron chi connectivity index (χ2n) is 6.29. The lowest BCUT2D eigenvalue weighted by Gasteiger charge is -2.14. The fraction of sp³-hybridized carbons (Fsp3) is 0.227. The van der Waals surface area contributed by atoms with Gasteiger partial charge in [-0.05, 0) is 36.2 Å². The smallest absolute Gasteiger partial charge is 0.313 e. The van der Waals surface area contributed by atoms with Gasteiger partial charge in [0, 0.05) is 10.9 Å². The second kappa shape index (κ2) is 9.84. The Morgan fingerprint density at radius 3 is 2.48 bits per heavy atom. The van der Waals surface area contributed by atoms with E-state index in [2.05, 4.69) is 10.3 Å². The van der Waals surface area contributed by atoms with Crippen molar-refractivity contribution in [3.05, 3.63) is 65.5 Å². The van der Waals surface area contributed by atoms with Crippen LogP contribution in [0, 0.1) is 0 Å². The van der Waals surface area contributed by atoms with Crippen LogP contribution in [-0.2, 0) is 14.3 Å². The highest BCUT2D eigenvalue weighted by Gasteiger charge is 2.21. The molecule has 1 atom stereocenters. The Labute approximate surface area is 173 Å². The molecule has 3 rings (SSSR count). The number of nitrogens with zero attached hydrogens (tertiary/aromatic N) is 1. The molecule has 7 heteroatoms. The van der Waals surface area contributed by atoms with Crippen LogP contribution in [0.2, 0.25) is 0 Å². The van der Waals surface area contributed by atoms with Crippen LogP contribution in [0.25, 0.3) is 11.3 Å². The fourth-order valence-corrected chi connectivity index (χ4v) is 3.58. The maximum Gasteiger partial charge on any atom is 0.313 e. The molecule has 0 aliphatic carbocycles. The molecule has 0 unspecified atom stereocenters. The molecule has 0 fully saturated rings. The third-order valence-electron chi connectivity index (χ3n) is 4.38. The molecule has 2 aromatic carbocycles. The summed E-state index contributed by atoms with van der Waals surface area (Å²) in [5.74, 6) is -0.449. The normalized spacial score (nSPS) is 11.5. The Hall–Kier alpha value is -3.19. The predicted molar refractivity (Wildman–Crippen MR) is 113 cm³/mol. The van der Waals surface area contributed by atoms with Crippen LogP contribution in [0.15, 0.2) is 60.0 Å². The van der Waals surface area contributed by atoms with Crippen molar-refractivity contribution in [1.29, 1.82) is 0 Å². The third kappa shape index (κ3) is 5.42. The van der Waals surface area contributed by atoms with Crippen LogP contribution in [0.3, 0.4) is 0 Å². The molecule has 1 aromatic heterocycles. The third-order valence-corrected chi connectivity index (χ3v) is 5.13. The Kier molecular flexibility index (Phi) is 6.97. The van der Waals surface area contributed by atoms with Crippen molar-refractivity contribution >= 4 is 28.3 Å². The zero-order valence-electron chi connectivity index (χ0n) is 16.3. The lowest BCUT2D eigenvalue weighted by molar-refractivity contribution is -0.149. The summed E-state index contributed by atoms with van der Waals surface area (Å²) in [7, 11) is 1.61. The van der Waals surface area contributed by atoms with Gasteiger partial charge < -0.3 is 9.47 Å². The highest BCUT2D eigenvalue weighted by atomic mass is 32.1. The Morgan fingerprint density at radius 2 is 1.83 bits per heavy atom. The average Bonchev–Trinajstić information content (AvgIpc) is 3.22. The SMILES string of the molecule is CC[C@H](C(=O)OCC(=O)Nc1nc(-c2ccc(OC)cc2)cs1)c1ccccc1. The monoisotopic (exact) mass is 410 g/mol. The highest BCUT2D eigenvalue weighted by molar-refractivity contribution is 7.14. The molecule has 0 aliphatic rings. The standard InChI is InChI=1S/C22H22N2O4S/c1-3-18(15-7-5-4-6-8-15)21(26)28-13-20(25)24-22-23-19(14-29-22)16-9-11-17(27-2)12-10-16/h4-12,14,18H,3,13H2,1-2H3,(H,23,24,25)/t18-/m0/s1. The van der Waals surface area contributed by atoms with Gasteiger partial charge >= 0.3 is 5.97 Å². The van der Waals surface area contributed by atoms with E-state index in [4.69, 9.17) is 9.47 Å². The first-order valence-corrected chi connectivity index (χ1v) is 10.1. The molecule has 0 aliphatic heterocycles. The van der Waals surface area contributed by atoms with Crippen molar-refractivity contribution in [2.24, 2.45) is 0 Å². The number of nitrogens with one attached hydrogen (secondary N) is 1. The van der Waals surface area contributed by atoms with Gasteiger partial charge in [0.05, 0.1) is 18.7 Å². The van der Waals surface area contributed by atoms with Gasteiger partial charge in [0.1, 0.15) is 5.75 Å². The summed E-state index contributed by atoms with van der Waals surface area (Å²) in [4.78, 5) is 28.9. The lowest BCUT2D eigenvalue weighted by Crippen LogP contribution is -2.23. The molecule has 150 valence electrons. The summed E-state index contributed by atoms with van der Waals surface area (Å²) in [6.07, 6.45) is 0.599. The number of benzene rings is 2. The van der Waals surface area contributed by atoms with Gasteiger partial charge in [0.15, 0.2) is 11.7 Å². The van der Waals surface area contributed by atoms with Crippen LogP contribution in [0.1, 0.15) is 24.8 Å². The minimum Gasteiger partial charge on any atom is -0.497 e.